The Kier molecular flexibility index (Phi) is 11.2. The molecule has 0 aromatic heterocycles. The number of halogens is 3. The molecule has 0 bridgehead atoms. The molecule has 0 aliphatic rings. The number of phosphoric acid groups is 1. The first-order valence-electron chi connectivity index (χ1n) is 10.7. The summed E-state index contributed by atoms with van der Waals surface area (Å²) in [5, 5.41) is 7.79. The lowest BCUT2D eigenvalue weighted by atomic mass is 10.2. The van der Waals surface area contributed by atoms with Gasteiger partial charge in [0.25, 0.3) is 9.84 Å². The second-order valence-electron chi connectivity index (χ2n) is 8.03. The minimum atomic E-state index is -5.95. The molecular weight excluding hydrogens is 594 g/mol. The standard InChI is InChI=1S/C20H27F3N3O8PS3/c1-26(11-12-34-35(27,28)29)10-9-15(14-36-16-5-3-2-4-6-16)25-18-8-7-17(38(24,32)33)13-19(18)37(30,31)20(21,22)23/h2-8,13,15,25H,9-12,14H2,1H3,(H2,24,32,33)(H2,27,28,29). The Labute approximate surface area is 222 Å². The Morgan fingerprint density at radius 1 is 1.11 bits per heavy atom. The number of primary sulfonamides is 1. The summed E-state index contributed by atoms with van der Waals surface area (Å²) in [4.78, 5) is 18.0. The van der Waals surface area contributed by atoms with E-state index in [4.69, 9.17) is 14.9 Å². The number of hydrogen-bond donors (Lipinski definition) is 4. The number of alkyl halides is 3. The van der Waals surface area contributed by atoms with Gasteiger partial charge in [-0.3, -0.25) is 4.52 Å². The Balaban J connectivity index is 2.33. The molecule has 1 atom stereocenters. The van der Waals surface area contributed by atoms with Crippen LogP contribution in [0.4, 0.5) is 18.9 Å². The lowest BCUT2D eigenvalue weighted by molar-refractivity contribution is -0.0435. The number of nitrogens with one attached hydrogen (secondary N) is 1. The summed E-state index contributed by atoms with van der Waals surface area (Å²) in [5.41, 5.74) is -6.16. The SMILES string of the molecule is CN(CCOP(=O)(O)O)CCC(CSc1ccccc1)Nc1ccc(S(N)(=O)=O)cc1S(=O)(=O)C(F)(F)F. The predicted octanol–water partition coefficient (Wildman–Crippen LogP) is 2.63. The Morgan fingerprint density at radius 3 is 2.29 bits per heavy atom. The van der Waals surface area contributed by atoms with E-state index in [9.17, 15) is 34.6 Å². The van der Waals surface area contributed by atoms with Crippen LogP contribution in [0.25, 0.3) is 0 Å². The molecule has 0 saturated carbocycles. The van der Waals surface area contributed by atoms with Gasteiger partial charge in [0.1, 0.15) is 4.90 Å². The monoisotopic (exact) mass is 621 g/mol. The zero-order chi connectivity index (χ0) is 28.8. The van der Waals surface area contributed by atoms with Crippen LogP contribution in [0.2, 0.25) is 0 Å². The molecule has 0 aliphatic carbocycles. The number of hydrogen-bond acceptors (Lipinski definition) is 9. The van der Waals surface area contributed by atoms with Gasteiger partial charge in [-0.15, -0.1) is 11.8 Å². The summed E-state index contributed by atoms with van der Waals surface area (Å²) >= 11 is 1.35. The minimum Gasteiger partial charge on any atom is -0.380 e. The lowest BCUT2D eigenvalue weighted by Gasteiger charge is -2.25. The van der Waals surface area contributed by atoms with E-state index >= 15 is 0 Å². The quantitative estimate of drug-likeness (QED) is 0.180. The first kappa shape index (κ1) is 32.5. The molecule has 0 saturated heterocycles. The molecule has 18 heteroatoms. The number of anilines is 1. The highest BCUT2D eigenvalue weighted by atomic mass is 32.2. The van der Waals surface area contributed by atoms with Gasteiger partial charge in [0.15, 0.2) is 0 Å². The van der Waals surface area contributed by atoms with Crippen LogP contribution in [0.15, 0.2) is 63.2 Å². The van der Waals surface area contributed by atoms with Crippen molar-refractivity contribution in [3.63, 3.8) is 0 Å². The molecule has 0 radical (unpaired) electrons. The van der Waals surface area contributed by atoms with E-state index in [0.717, 1.165) is 17.0 Å². The minimum absolute atomic E-state index is 0.125. The van der Waals surface area contributed by atoms with Gasteiger partial charge in [0.2, 0.25) is 10.0 Å². The van der Waals surface area contributed by atoms with E-state index in [1.54, 1.807) is 30.1 Å². The van der Waals surface area contributed by atoms with Crippen molar-refractivity contribution in [1.82, 2.24) is 4.90 Å². The second kappa shape index (κ2) is 13.1. The first-order chi connectivity index (χ1) is 17.4. The third kappa shape index (κ3) is 10.1. The Morgan fingerprint density at radius 2 is 1.74 bits per heavy atom. The van der Waals surface area contributed by atoms with Crippen molar-refractivity contribution >= 4 is 45.1 Å². The number of nitrogens with two attached hydrogens (primary N) is 1. The summed E-state index contributed by atoms with van der Waals surface area (Å²) in [7, 11) is -13.5. The number of sulfonamides is 1. The third-order valence-corrected chi connectivity index (χ3v) is 9.15. The largest absolute Gasteiger partial charge is 0.501 e. The van der Waals surface area contributed by atoms with Crippen LogP contribution < -0.4 is 10.5 Å². The molecule has 38 heavy (non-hydrogen) atoms. The van der Waals surface area contributed by atoms with Gasteiger partial charge in [-0.05, 0) is 50.3 Å². The zero-order valence-electron chi connectivity index (χ0n) is 19.9. The predicted molar refractivity (Wildman–Crippen MR) is 136 cm³/mol. The summed E-state index contributed by atoms with van der Waals surface area (Å²) in [5.74, 6) is 0.277. The molecule has 0 amide bonds. The number of thioether (sulfide) groups is 1. The van der Waals surface area contributed by atoms with Crippen LogP contribution in [-0.4, -0.2) is 75.6 Å². The van der Waals surface area contributed by atoms with E-state index in [0.29, 0.717) is 6.07 Å². The van der Waals surface area contributed by atoms with Gasteiger partial charge in [-0.2, -0.15) is 13.2 Å². The molecule has 2 aromatic carbocycles. The fourth-order valence-electron chi connectivity index (χ4n) is 3.08. The summed E-state index contributed by atoms with van der Waals surface area (Å²) in [6.45, 7) is 0.134. The fourth-order valence-corrected chi connectivity index (χ4v) is 5.96. The topological polar surface area (TPSA) is 176 Å². The average molecular weight is 622 g/mol. The summed E-state index contributed by atoms with van der Waals surface area (Å²) in [6, 6.07) is 10.6. The maximum absolute atomic E-state index is 13.4. The highest BCUT2D eigenvalue weighted by molar-refractivity contribution is 7.99. The number of rotatable bonds is 14. The number of benzene rings is 2. The molecule has 1 unspecified atom stereocenters. The van der Waals surface area contributed by atoms with Crippen LogP contribution in [0.5, 0.6) is 0 Å². The molecule has 5 N–H and O–H groups in total. The molecule has 0 heterocycles. The molecule has 0 aliphatic heterocycles. The maximum atomic E-state index is 13.4. The van der Waals surface area contributed by atoms with E-state index in [1.165, 1.54) is 11.8 Å². The van der Waals surface area contributed by atoms with Gasteiger partial charge in [-0.1, -0.05) is 18.2 Å². The van der Waals surface area contributed by atoms with Crippen molar-refractivity contribution in [2.24, 2.45) is 5.14 Å². The molecule has 0 fully saturated rings. The number of phosphoric ester groups is 1. The number of nitrogens with zero attached hydrogens (tertiary/aromatic N) is 1. The highest BCUT2D eigenvalue weighted by Gasteiger charge is 2.48. The normalized spacial score (nSPS) is 14.0. The lowest BCUT2D eigenvalue weighted by Crippen LogP contribution is -2.32. The van der Waals surface area contributed by atoms with Gasteiger partial charge < -0.3 is 20.0 Å². The van der Waals surface area contributed by atoms with E-state index in [-0.39, 0.29) is 31.9 Å². The maximum Gasteiger partial charge on any atom is 0.501 e. The van der Waals surface area contributed by atoms with Crippen molar-refractivity contribution in [2.45, 2.75) is 32.7 Å². The summed E-state index contributed by atoms with van der Waals surface area (Å²) in [6.07, 6.45) is 0.259. The van der Waals surface area contributed by atoms with E-state index in [1.807, 2.05) is 12.1 Å². The van der Waals surface area contributed by atoms with Crippen molar-refractivity contribution in [1.29, 1.82) is 0 Å². The van der Waals surface area contributed by atoms with Gasteiger partial charge >= 0.3 is 13.3 Å². The molecule has 2 aromatic rings. The molecule has 11 nitrogen and oxygen atoms in total. The zero-order valence-corrected chi connectivity index (χ0v) is 23.2. The van der Waals surface area contributed by atoms with Crippen LogP contribution in [0.3, 0.4) is 0 Å². The third-order valence-electron chi connectivity index (χ3n) is 5.02. The Bertz CT molecular complexity index is 1340. The average Bonchev–Trinajstić information content (AvgIpc) is 2.79. The van der Waals surface area contributed by atoms with Crippen LogP contribution in [0, 0.1) is 0 Å². The first-order valence-corrected chi connectivity index (χ1v) is 16.3. The molecule has 214 valence electrons. The van der Waals surface area contributed by atoms with E-state index < -0.39 is 54.7 Å². The van der Waals surface area contributed by atoms with Crippen molar-refractivity contribution in [2.75, 3.05) is 37.8 Å². The van der Waals surface area contributed by atoms with Crippen LogP contribution in [-0.2, 0) is 28.9 Å². The summed E-state index contributed by atoms with van der Waals surface area (Å²) < 4.78 is 103. The van der Waals surface area contributed by atoms with Crippen molar-refractivity contribution in [3.8, 4) is 0 Å². The van der Waals surface area contributed by atoms with Gasteiger partial charge in [0.05, 0.1) is 17.2 Å². The van der Waals surface area contributed by atoms with Gasteiger partial charge in [-0.25, -0.2) is 26.5 Å². The highest BCUT2D eigenvalue weighted by Crippen LogP contribution is 2.37. The van der Waals surface area contributed by atoms with E-state index in [2.05, 4.69) is 9.84 Å². The van der Waals surface area contributed by atoms with Crippen molar-refractivity contribution < 1.29 is 48.9 Å². The van der Waals surface area contributed by atoms with Gasteiger partial charge in [0, 0.05) is 23.2 Å². The fraction of sp³-hybridized carbons (Fsp3) is 0.400. The second-order valence-corrected chi connectivity index (χ2v) is 13.8. The molecule has 2 rings (SSSR count). The Hall–Kier alpha value is -1.69. The van der Waals surface area contributed by atoms with Crippen LogP contribution in [0.1, 0.15) is 6.42 Å². The van der Waals surface area contributed by atoms with Crippen LogP contribution >= 0.6 is 19.6 Å². The molecular formula is C20H27F3N3O8PS3. The van der Waals surface area contributed by atoms with Crippen molar-refractivity contribution in [3.05, 3.63) is 48.5 Å². The number of sulfone groups is 1. The molecule has 0 spiro atoms. The number of likely N-dealkylation sites (N-methyl/N-ethyl adjacent to an activating group) is 1. The smallest absolute Gasteiger partial charge is 0.380 e.